The molecule has 2 heterocycles. The van der Waals surface area contributed by atoms with E-state index in [0.717, 1.165) is 56.6 Å². The zero-order valence-corrected chi connectivity index (χ0v) is 12.2. The third-order valence-corrected chi connectivity index (χ3v) is 4.78. The van der Waals surface area contributed by atoms with Crippen molar-refractivity contribution in [1.82, 2.24) is 5.32 Å². The van der Waals surface area contributed by atoms with Crippen molar-refractivity contribution in [2.75, 3.05) is 26.4 Å². The van der Waals surface area contributed by atoms with E-state index in [2.05, 4.69) is 24.4 Å². The van der Waals surface area contributed by atoms with Gasteiger partial charge in [0.1, 0.15) is 11.5 Å². The van der Waals surface area contributed by atoms with Crippen LogP contribution in [-0.4, -0.2) is 31.5 Å². The predicted molar refractivity (Wildman–Crippen MR) is 76.5 cm³/mol. The SMILES string of the molecule is CC1CC1c1ccc(CNCC2(CCO)CCOC2)o1. The van der Waals surface area contributed by atoms with Crippen molar-refractivity contribution in [2.45, 2.75) is 38.6 Å². The summed E-state index contributed by atoms with van der Waals surface area (Å²) in [5.41, 5.74) is 0.106. The number of furan rings is 1. The van der Waals surface area contributed by atoms with Crippen LogP contribution in [0.15, 0.2) is 16.5 Å². The van der Waals surface area contributed by atoms with E-state index in [9.17, 15) is 5.11 Å². The van der Waals surface area contributed by atoms with Gasteiger partial charge in [-0.25, -0.2) is 0 Å². The zero-order valence-electron chi connectivity index (χ0n) is 12.2. The van der Waals surface area contributed by atoms with E-state index in [-0.39, 0.29) is 12.0 Å². The van der Waals surface area contributed by atoms with Crippen LogP contribution in [0.5, 0.6) is 0 Å². The van der Waals surface area contributed by atoms with Gasteiger partial charge in [-0.2, -0.15) is 0 Å². The number of aliphatic hydroxyl groups is 1. The summed E-state index contributed by atoms with van der Waals surface area (Å²) < 4.78 is 11.4. The second kappa shape index (κ2) is 5.88. The second-order valence-corrected chi connectivity index (χ2v) is 6.50. The first-order valence-corrected chi connectivity index (χ1v) is 7.70. The lowest BCUT2D eigenvalue weighted by atomic mass is 9.84. The van der Waals surface area contributed by atoms with Crippen LogP contribution in [0.2, 0.25) is 0 Å². The molecule has 0 amide bonds. The molecule has 4 heteroatoms. The molecule has 1 aromatic heterocycles. The van der Waals surface area contributed by atoms with Gasteiger partial charge in [-0.1, -0.05) is 6.92 Å². The molecular weight excluding hydrogens is 254 g/mol. The number of hydrogen-bond acceptors (Lipinski definition) is 4. The molecular formula is C16H25NO3. The number of aliphatic hydroxyl groups excluding tert-OH is 1. The van der Waals surface area contributed by atoms with Crippen LogP contribution in [0.4, 0.5) is 0 Å². The van der Waals surface area contributed by atoms with Crippen molar-refractivity contribution >= 4 is 0 Å². The lowest BCUT2D eigenvalue weighted by molar-refractivity contribution is 0.124. The minimum Gasteiger partial charge on any atom is -0.464 e. The Labute approximate surface area is 120 Å². The fourth-order valence-electron chi connectivity index (χ4n) is 3.17. The molecule has 1 aliphatic heterocycles. The van der Waals surface area contributed by atoms with Crippen LogP contribution in [0.3, 0.4) is 0 Å². The van der Waals surface area contributed by atoms with E-state index in [4.69, 9.17) is 9.15 Å². The summed E-state index contributed by atoms with van der Waals surface area (Å²) >= 11 is 0. The summed E-state index contributed by atoms with van der Waals surface area (Å²) in [5.74, 6) is 3.58. The minimum absolute atomic E-state index is 0.106. The first kappa shape index (κ1) is 14.1. The van der Waals surface area contributed by atoms with Gasteiger partial charge in [0, 0.05) is 31.1 Å². The summed E-state index contributed by atoms with van der Waals surface area (Å²) in [5, 5.41) is 12.7. The summed E-state index contributed by atoms with van der Waals surface area (Å²) in [4.78, 5) is 0. The third kappa shape index (κ3) is 3.08. The summed E-state index contributed by atoms with van der Waals surface area (Å²) in [6.45, 7) is 5.70. The predicted octanol–water partition coefficient (Wildman–Crippen LogP) is 2.28. The van der Waals surface area contributed by atoms with Crippen molar-refractivity contribution in [1.29, 1.82) is 0 Å². The number of hydrogen-bond donors (Lipinski definition) is 2. The Bertz CT molecular complexity index is 437. The highest BCUT2D eigenvalue weighted by Crippen LogP contribution is 2.47. The largest absolute Gasteiger partial charge is 0.464 e. The summed E-state index contributed by atoms with van der Waals surface area (Å²) in [7, 11) is 0. The highest BCUT2D eigenvalue weighted by Gasteiger charge is 2.37. The monoisotopic (exact) mass is 279 g/mol. The van der Waals surface area contributed by atoms with Crippen molar-refractivity contribution < 1.29 is 14.3 Å². The average molecular weight is 279 g/mol. The minimum atomic E-state index is 0.106. The van der Waals surface area contributed by atoms with Gasteiger partial charge in [-0.05, 0) is 37.3 Å². The Kier molecular flexibility index (Phi) is 4.15. The Morgan fingerprint density at radius 3 is 2.95 bits per heavy atom. The van der Waals surface area contributed by atoms with E-state index in [1.165, 1.54) is 6.42 Å². The Morgan fingerprint density at radius 2 is 2.30 bits per heavy atom. The normalized spacial score (nSPS) is 32.7. The van der Waals surface area contributed by atoms with Crippen LogP contribution in [0, 0.1) is 11.3 Å². The molecule has 3 atom stereocenters. The molecule has 2 fully saturated rings. The molecule has 4 nitrogen and oxygen atoms in total. The number of rotatable bonds is 7. The van der Waals surface area contributed by atoms with E-state index in [1.807, 2.05) is 0 Å². The highest BCUT2D eigenvalue weighted by molar-refractivity contribution is 5.17. The maximum Gasteiger partial charge on any atom is 0.117 e. The smallest absolute Gasteiger partial charge is 0.117 e. The summed E-state index contributed by atoms with van der Waals surface area (Å²) in [6.07, 6.45) is 3.10. The molecule has 1 aliphatic carbocycles. The topological polar surface area (TPSA) is 54.6 Å². The maximum atomic E-state index is 9.20. The fourth-order valence-corrected chi connectivity index (χ4v) is 3.17. The highest BCUT2D eigenvalue weighted by atomic mass is 16.5. The van der Waals surface area contributed by atoms with Crippen LogP contribution in [-0.2, 0) is 11.3 Å². The van der Waals surface area contributed by atoms with Crippen molar-refractivity contribution in [3.05, 3.63) is 23.7 Å². The van der Waals surface area contributed by atoms with Crippen LogP contribution < -0.4 is 5.32 Å². The van der Waals surface area contributed by atoms with Gasteiger partial charge in [0.25, 0.3) is 0 Å². The molecule has 0 spiro atoms. The molecule has 0 radical (unpaired) electrons. The first-order valence-electron chi connectivity index (χ1n) is 7.70. The lowest BCUT2D eigenvalue weighted by Gasteiger charge is -2.26. The van der Waals surface area contributed by atoms with Gasteiger partial charge in [-0.15, -0.1) is 0 Å². The molecule has 112 valence electrons. The van der Waals surface area contributed by atoms with E-state index in [0.29, 0.717) is 5.92 Å². The molecule has 0 aromatic carbocycles. The van der Waals surface area contributed by atoms with Gasteiger partial charge >= 0.3 is 0 Å². The molecule has 20 heavy (non-hydrogen) atoms. The van der Waals surface area contributed by atoms with Crippen molar-refractivity contribution in [2.24, 2.45) is 11.3 Å². The van der Waals surface area contributed by atoms with Gasteiger partial charge in [0.15, 0.2) is 0 Å². The molecule has 2 N–H and O–H groups in total. The third-order valence-electron chi connectivity index (χ3n) is 4.78. The van der Waals surface area contributed by atoms with Gasteiger partial charge in [0.2, 0.25) is 0 Å². The molecule has 0 bridgehead atoms. The fraction of sp³-hybridized carbons (Fsp3) is 0.750. The number of nitrogens with one attached hydrogen (secondary N) is 1. The van der Waals surface area contributed by atoms with Crippen LogP contribution >= 0.6 is 0 Å². The Morgan fingerprint density at radius 1 is 1.45 bits per heavy atom. The van der Waals surface area contributed by atoms with Gasteiger partial charge in [-0.3, -0.25) is 0 Å². The van der Waals surface area contributed by atoms with Gasteiger partial charge in [0.05, 0.1) is 13.2 Å². The lowest BCUT2D eigenvalue weighted by Crippen LogP contribution is -2.35. The molecule has 1 aromatic rings. The van der Waals surface area contributed by atoms with E-state index >= 15 is 0 Å². The van der Waals surface area contributed by atoms with E-state index < -0.39 is 0 Å². The zero-order chi connectivity index (χ0) is 14.0. The summed E-state index contributed by atoms with van der Waals surface area (Å²) in [6, 6.07) is 4.20. The standard InChI is InChI=1S/C16H25NO3/c1-12-8-14(12)15-3-2-13(20-15)9-17-10-16(4-6-18)5-7-19-11-16/h2-3,12,14,17-18H,4-11H2,1H3. The second-order valence-electron chi connectivity index (χ2n) is 6.50. The number of ether oxygens (including phenoxy) is 1. The van der Waals surface area contributed by atoms with Crippen molar-refractivity contribution in [3.8, 4) is 0 Å². The molecule has 1 saturated heterocycles. The Balaban J connectivity index is 1.48. The molecule has 2 aliphatic rings. The Hall–Kier alpha value is -0.840. The van der Waals surface area contributed by atoms with Crippen LogP contribution in [0.1, 0.15) is 43.6 Å². The molecule has 1 saturated carbocycles. The van der Waals surface area contributed by atoms with E-state index in [1.54, 1.807) is 0 Å². The quantitative estimate of drug-likeness (QED) is 0.804. The molecule has 3 unspecified atom stereocenters. The van der Waals surface area contributed by atoms with Crippen LogP contribution in [0.25, 0.3) is 0 Å². The average Bonchev–Trinajstić information content (AvgIpc) is 2.84. The first-order chi connectivity index (χ1) is 9.72. The van der Waals surface area contributed by atoms with Crippen molar-refractivity contribution in [3.63, 3.8) is 0 Å². The maximum absolute atomic E-state index is 9.20. The molecule has 3 rings (SSSR count). The van der Waals surface area contributed by atoms with Gasteiger partial charge < -0.3 is 19.6 Å².